The minimum absolute atomic E-state index is 0. The Kier molecular flexibility index (Phi) is 5.96. The van der Waals surface area contributed by atoms with Gasteiger partial charge in [0.1, 0.15) is 5.82 Å². The van der Waals surface area contributed by atoms with Crippen LogP contribution in [0.25, 0.3) is 10.9 Å². The van der Waals surface area contributed by atoms with Gasteiger partial charge in [0.25, 0.3) is 0 Å². The predicted molar refractivity (Wildman–Crippen MR) is 114 cm³/mol. The molecule has 4 nitrogen and oxygen atoms in total. The number of halogens is 2. The fourth-order valence-electron chi connectivity index (χ4n) is 4.34. The molecule has 4 rings (SSSR count). The van der Waals surface area contributed by atoms with Crippen molar-refractivity contribution in [3.05, 3.63) is 58.7 Å². The number of hydrogen-bond donors (Lipinski definition) is 0. The molecule has 1 aliphatic rings. The first-order valence-corrected chi connectivity index (χ1v) is 9.51. The maximum absolute atomic E-state index is 13.6. The zero-order valence-electron chi connectivity index (χ0n) is 16.8. The molecule has 6 heteroatoms. The molecule has 1 aromatic carbocycles. The summed E-state index contributed by atoms with van der Waals surface area (Å²) in [6, 6.07) is 7.40. The molecular weight excluding hydrogens is 377 g/mol. The van der Waals surface area contributed by atoms with Crippen molar-refractivity contribution in [1.29, 1.82) is 0 Å². The minimum atomic E-state index is -0.158. The van der Waals surface area contributed by atoms with E-state index in [9.17, 15) is 4.39 Å². The highest BCUT2D eigenvalue weighted by Crippen LogP contribution is 2.38. The summed E-state index contributed by atoms with van der Waals surface area (Å²) in [6.45, 7) is 8.80. The molecule has 0 saturated heterocycles. The van der Waals surface area contributed by atoms with Gasteiger partial charge in [-0.05, 0) is 62.1 Å². The molecule has 28 heavy (non-hydrogen) atoms. The molecule has 0 radical (unpaired) electrons. The number of hydrogen-bond acceptors (Lipinski definition) is 3. The SMILES string of the molecule is COCCn1c(C)c(C)c2ccnc(N3CCc4cc(F)ccc4C3C)c21.Cl. The van der Waals surface area contributed by atoms with E-state index in [1.807, 2.05) is 12.3 Å². The third kappa shape index (κ3) is 3.27. The maximum Gasteiger partial charge on any atom is 0.153 e. The summed E-state index contributed by atoms with van der Waals surface area (Å²) in [5.74, 6) is 0.844. The van der Waals surface area contributed by atoms with Crippen LogP contribution in [0.4, 0.5) is 10.2 Å². The number of aromatic nitrogens is 2. The first-order valence-electron chi connectivity index (χ1n) is 9.51. The average Bonchev–Trinajstić information content (AvgIpc) is 2.91. The van der Waals surface area contributed by atoms with Gasteiger partial charge in [-0.25, -0.2) is 9.37 Å². The summed E-state index contributed by atoms with van der Waals surface area (Å²) in [5, 5.41) is 1.24. The van der Waals surface area contributed by atoms with Crippen molar-refractivity contribution >= 4 is 29.1 Å². The minimum Gasteiger partial charge on any atom is -0.383 e. The van der Waals surface area contributed by atoms with Gasteiger partial charge in [0.15, 0.2) is 5.82 Å². The smallest absolute Gasteiger partial charge is 0.153 e. The van der Waals surface area contributed by atoms with Crippen LogP contribution < -0.4 is 4.90 Å². The van der Waals surface area contributed by atoms with Crippen LogP contribution in [-0.4, -0.2) is 29.8 Å². The van der Waals surface area contributed by atoms with Crippen molar-refractivity contribution in [2.24, 2.45) is 0 Å². The highest BCUT2D eigenvalue weighted by molar-refractivity contribution is 5.93. The molecule has 0 bridgehead atoms. The third-order valence-electron chi connectivity index (χ3n) is 5.96. The maximum atomic E-state index is 13.6. The van der Waals surface area contributed by atoms with E-state index in [0.29, 0.717) is 6.61 Å². The second kappa shape index (κ2) is 8.10. The van der Waals surface area contributed by atoms with Crippen LogP contribution in [0.3, 0.4) is 0 Å². The molecule has 0 aliphatic carbocycles. The van der Waals surface area contributed by atoms with E-state index in [1.54, 1.807) is 19.2 Å². The van der Waals surface area contributed by atoms with Crippen molar-refractivity contribution < 1.29 is 9.13 Å². The lowest BCUT2D eigenvalue weighted by Gasteiger charge is -2.36. The van der Waals surface area contributed by atoms with E-state index in [1.165, 1.54) is 27.7 Å². The summed E-state index contributed by atoms with van der Waals surface area (Å²) in [5.41, 5.74) is 6.00. The highest BCUT2D eigenvalue weighted by Gasteiger charge is 2.28. The number of fused-ring (bicyclic) bond motifs is 2. The van der Waals surface area contributed by atoms with Crippen LogP contribution in [0.1, 0.15) is 35.3 Å². The van der Waals surface area contributed by atoms with E-state index in [0.717, 1.165) is 30.9 Å². The number of methoxy groups -OCH3 is 1. The molecule has 1 aliphatic heterocycles. The van der Waals surface area contributed by atoms with Crippen molar-refractivity contribution in [2.75, 3.05) is 25.2 Å². The molecule has 0 amide bonds. The quantitative estimate of drug-likeness (QED) is 0.615. The Bertz CT molecular complexity index is 1000. The molecule has 0 N–H and O–H groups in total. The van der Waals surface area contributed by atoms with Gasteiger partial charge in [0.05, 0.1) is 18.2 Å². The van der Waals surface area contributed by atoms with Gasteiger partial charge in [-0.1, -0.05) is 6.07 Å². The van der Waals surface area contributed by atoms with Crippen molar-refractivity contribution in [1.82, 2.24) is 9.55 Å². The number of anilines is 1. The normalized spacial score (nSPS) is 16.2. The first-order chi connectivity index (χ1) is 13.0. The van der Waals surface area contributed by atoms with Crippen molar-refractivity contribution in [2.45, 2.75) is 39.8 Å². The molecular formula is C22H27ClFN3O. The van der Waals surface area contributed by atoms with Gasteiger partial charge in [0, 0.05) is 37.5 Å². The van der Waals surface area contributed by atoms with Crippen LogP contribution in [0.5, 0.6) is 0 Å². The highest BCUT2D eigenvalue weighted by atomic mass is 35.5. The summed E-state index contributed by atoms with van der Waals surface area (Å²) in [7, 11) is 1.73. The van der Waals surface area contributed by atoms with Crippen LogP contribution >= 0.6 is 12.4 Å². The van der Waals surface area contributed by atoms with Gasteiger partial charge in [0.2, 0.25) is 0 Å². The fraction of sp³-hybridized carbons (Fsp3) is 0.409. The van der Waals surface area contributed by atoms with E-state index in [4.69, 9.17) is 9.72 Å². The fourth-order valence-corrected chi connectivity index (χ4v) is 4.34. The lowest BCUT2D eigenvalue weighted by atomic mass is 9.93. The van der Waals surface area contributed by atoms with Crippen molar-refractivity contribution in [3.8, 4) is 0 Å². The van der Waals surface area contributed by atoms with Gasteiger partial charge >= 0.3 is 0 Å². The molecule has 3 heterocycles. The van der Waals surface area contributed by atoms with Crippen molar-refractivity contribution in [3.63, 3.8) is 0 Å². The van der Waals surface area contributed by atoms with Crippen LogP contribution in [-0.2, 0) is 17.7 Å². The Hall–Kier alpha value is -2.11. The number of nitrogens with zero attached hydrogens (tertiary/aromatic N) is 3. The number of pyridine rings is 1. The Morgan fingerprint density at radius 2 is 2.04 bits per heavy atom. The summed E-state index contributed by atoms with van der Waals surface area (Å²) in [4.78, 5) is 7.14. The Morgan fingerprint density at radius 3 is 2.79 bits per heavy atom. The lowest BCUT2D eigenvalue weighted by molar-refractivity contribution is 0.188. The van der Waals surface area contributed by atoms with Crippen LogP contribution in [0.2, 0.25) is 0 Å². The van der Waals surface area contributed by atoms with E-state index < -0.39 is 0 Å². The van der Waals surface area contributed by atoms with Crippen LogP contribution in [0.15, 0.2) is 30.5 Å². The number of rotatable bonds is 4. The van der Waals surface area contributed by atoms with Gasteiger partial charge in [-0.3, -0.25) is 0 Å². The molecule has 150 valence electrons. The summed E-state index contributed by atoms with van der Waals surface area (Å²) in [6.07, 6.45) is 2.73. The van der Waals surface area contributed by atoms with E-state index in [2.05, 4.69) is 36.3 Å². The Morgan fingerprint density at radius 1 is 1.25 bits per heavy atom. The third-order valence-corrected chi connectivity index (χ3v) is 5.96. The number of ether oxygens (including phenoxy) is 1. The first kappa shape index (κ1) is 20.6. The molecule has 3 aromatic rings. The molecule has 0 saturated carbocycles. The number of benzene rings is 1. The molecule has 1 atom stereocenters. The molecule has 2 aromatic heterocycles. The topological polar surface area (TPSA) is 30.3 Å². The summed E-state index contributed by atoms with van der Waals surface area (Å²) >= 11 is 0. The monoisotopic (exact) mass is 403 g/mol. The van der Waals surface area contributed by atoms with Gasteiger partial charge in [-0.2, -0.15) is 0 Å². The van der Waals surface area contributed by atoms with E-state index in [-0.39, 0.29) is 24.3 Å². The second-order valence-corrected chi connectivity index (χ2v) is 7.35. The Labute approximate surface area is 171 Å². The lowest BCUT2D eigenvalue weighted by Crippen LogP contribution is -2.35. The predicted octanol–water partition coefficient (Wildman–Crippen LogP) is 4.98. The van der Waals surface area contributed by atoms with Gasteiger partial charge < -0.3 is 14.2 Å². The largest absolute Gasteiger partial charge is 0.383 e. The Balaban J connectivity index is 0.00000225. The van der Waals surface area contributed by atoms with E-state index >= 15 is 0 Å². The average molecular weight is 404 g/mol. The molecule has 1 unspecified atom stereocenters. The zero-order valence-corrected chi connectivity index (χ0v) is 17.6. The number of aryl methyl sites for hydroxylation is 1. The standard InChI is InChI=1S/C22H26FN3O.ClH/c1-14-15(2)25(11-12-27-4)21-19(14)7-9-24-22(21)26-10-8-17-13-18(23)5-6-20(17)16(26)3;/h5-7,9,13,16H,8,10-12H2,1-4H3;1H. The van der Waals surface area contributed by atoms with Crippen LogP contribution in [0, 0.1) is 19.7 Å². The summed E-state index contributed by atoms with van der Waals surface area (Å²) < 4.78 is 21.3. The molecule has 0 spiro atoms. The molecule has 0 fully saturated rings. The second-order valence-electron chi connectivity index (χ2n) is 7.35. The van der Waals surface area contributed by atoms with Gasteiger partial charge in [-0.15, -0.1) is 12.4 Å². The zero-order chi connectivity index (χ0) is 19.1.